The lowest BCUT2D eigenvalue weighted by atomic mass is 9.74. The van der Waals surface area contributed by atoms with Gasteiger partial charge in [-0.3, -0.25) is 0 Å². The second-order valence-electron chi connectivity index (χ2n) is 6.65. The first-order chi connectivity index (χ1) is 9.99. The second kappa shape index (κ2) is 7.15. The molecule has 0 aromatic heterocycles. The first kappa shape index (κ1) is 16.8. The molecule has 0 radical (unpaired) electrons. The summed E-state index contributed by atoms with van der Waals surface area (Å²) in [5.74, 6) is 0. The van der Waals surface area contributed by atoms with Gasteiger partial charge in [0.25, 0.3) is 0 Å². The van der Waals surface area contributed by atoms with E-state index in [4.69, 9.17) is 5.73 Å². The lowest BCUT2D eigenvalue weighted by Crippen LogP contribution is -2.40. The van der Waals surface area contributed by atoms with Crippen LogP contribution in [0.5, 0.6) is 0 Å². The Morgan fingerprint density at radius 3 is 2.38 bits per heavy atom. The van der Waals surface area contributed by atoms with Crippen molar-refractivity contribution in [1.29, 1.82) is 0 Å². The van der Waals surface area contributed by atoms with Gasteiger partial charge in [-0.25, -0.2) is 0 Å². The molecule has 21 heavy (non-hydrogen) atoms. The number of hydrogen-bond acceptors (Lipinski definition) is 2. The molecule has 1 heterocycles. The van der Waals surface area contributed by atoms with Gasteiger partial charge in [-0.2, -0.15) is 0 Å². The Kier molecular flexibility index (Phi) is 5.73. The summed E-state index contributed by atoms with van der Waals surface area (Å²) in [6.45, 7) is 9.13. The van der Waals surface area contributed by atoms with Crippen molar-refractivity contribution in [2.24, 2.45) is 11.1 Å². The second-order valence-corrected chi connectivity index (χ2v) is 7.56. The van der Waals surface area contributed by atoms with Crippen LogP contribution in [-0.2, 0) is 6.42 Å². The van der Waals surface area contributed by atoms with Crippen LogP contribution in [0.2, 0.25) is 0 Å². The van der Waals surface area contributed by atoms with E-state index < -0.39 is 0 Å². The molecule has 2 nitrogen and oxygen atoms in total. The molecule has 0 amide bonds. The van der Waals surface area contributed by atoms with Crippen LogP contribution in [0.3, 0.4) is 0 Å². The molecule has 1 aromatic carbocycles. The summed E-state index contributed by atoms with van der Waals surface area (Å²) < 4.78 is 1.15. The van der Waals surface area contributed by atoms with Crippen molar-refractivity contribution in [2.45, 2.75) is 58.9 Å². The van der Waals surface area contributed by atoms with Gasteiger partial charge in [0.2, 0.25) is 0 Å². The lowest BCUT2D eigenvalue weighted by Gasteiger charge is -2.42. The molecule has 1 aliphatic heterocycles. The van der Waals surface area contributed by atoms with Gasteiger partial charge >= 0.3 is 0 Å². The predicted octanol–water partition coefficient (Wildman–Crippen LogP) is 4.75. The minimum Gasteiger partial charge on any atom is -0.371 e. The number of benzene rings is 1. The minimum absolute atomic E-state index is 0.202. The predicted molar refractivity (Wildman–Crippen MR) is 96.0 cm³/mol. The van der Waals surface area contributed by atoms with Gasteiger partial charge in [-0.05, 0) is 55.4 Å². The van der Waals surface area contributed by atoms with Crippen LogP contribution in [0.25, 0.3) is 0 Å². The number of piperidine rings is 1. The molecule has 0 saturated carbocycles. The van der Waals surface area contributed by atoms with Crippen molar-refractivity contribution in [3.8, 4) is 0 Å². The Hall–Kier alpha value is -0.540. The van der Waals surface area contributed by atoms with Crippen LogP contribution in [0.4, 0.5) is 5.69 Å². The van der Waals surface area contributed by atoms with Crippen LogP contribution in [0.15, 0.2) is 22.7 Å². The quantitative estimate of drug-likeness (QED) is 0.828. The van der Waals surface area contributed by atoms with Crippen LogP contribution in [0, 0.1) is 5.41 Å². The monoisotopic (exact) mass is 352 g/mol. The van der Waals surface area contributed by atoms with Crippen molar-refractivity contribution in [2.75, 3.05) is 18.0 Å². The summed E-state index contributed by atoms with van der Waals surface area (Å²) in [6, 6.07) is 6.85. The van der Waals surface area contributed by atoms with E-state index in [0.29, 0.717) is 5.41 Å². The Morgan fingerprint density at radius 1 is 1.24 bits per heavy atom. The summed E-state index contributed by atoms with van der Waals surface area (Å²) in [5.41, 5.74) is 9.36. The molecule has 1 unspecified atom stereocenters. The Labute approximate surface area is 138 Å². The third-order valence-corrected chi connectivity index (χ3v) is 5.74. The lowest BCUT2D eigenvalue weighted by molar-refractivity contribution is 0.199. The molecule has 1 atom stereocenters. The number of nitrogens with two attached hydrogens (primary N) is 1. The number of halogens is 1. The fraction of sp³-hybridized carbons (Fsp3) is 0.667. The van der Waals surface area contributed by atoms with E-state index >= 15 is 0 Å². The van der Waals surface area contributed by atoms with E-state index in [1.807, 2.05) is 0 Å². The van der Waals surface area contributed by atoms with Gasteiger partial charge in [0.15, 0.2) is 0 Å². The summed E-state index contributed by atoms with van der Waals surface area (Å²) in [7, 11) is 0. The Balaban J connectivity index is 2.16. The Morgan fingerprint density at radius 2 is 1.86 bits per heavy atom. The van der Waals surface area contributed by atoms with E-state index in [1.165, 1.54) is 50.0 Å². The SMILES string of the molecule is CCC1(CC)CCN(c2ccc(Br)cc2CC(C)N)CC1. The molecular weight excluding hydrogens is 324 g/mol. The maximum Gasteiger partial charge on any atom is 0.0400 e. The molecule has 0 bridgehead atoms. The van der Waals surface area contributed by atoms with Crippen molar-refractivity contribution in [3.05, 3.63) is 28.2 Å². The van der Waals surface area contributed by atoms with Gasteiger partial charge in [0.1, 0.15) is 0 Å². The Bertz CT molecular complexity index is 456. The van der Waals surface area contributed by atoms with Crippen LogP contribution < -0.4 is 10.6 Å². The van der Waals surface area contributed by atoms with E-state index in [9.17, 15) is 0 Å². The molecule has 118 valence electrons. The highest BCUT2D eigenvalue weighted by Gasteiger charge is 2.31. The van der Waals surface area contributed by atoms with Gasteiger partial charge in [0, 0.05) is 29.3 Å². The summed E-state index contributed by atoms with van der Waals surface area (Å²) in [5, 5.41) is 0. The third kappa shape index (κ3) is 4.01. The summed E-state index contributed by atoms with van der Waals surface area (Å²) in [6.07, 6.45) is 6.19. The minimum atomic E-state index is 0.202. The van der Waals surface area contributed by atoms with Gasteiger partial charge in [-0.15, -0.1) is 0 Å². The summed E-state index contributed by atoms with van der Waals surface area (Å²) in [4.78, 5) is 2.56. The average molecular weight is 353 g/mol. The standard InChI is InChI=1S/C18H29BrN2/c1-4-18(5-2)8-10-21(11-9-18)17-7-6-16(19)13-15(17)12-14(3)20/h6-7,13-14H,4-5,8-12,20H2,1-3H3. The molecule has 1 fully saturated rings. The highest BCUT2D eigenvalue weighted by molar-refractivity contribution is 9.10. The van der Waals surface area contributed by atoms with Gasteiger partial charge in [0.05, 0.1) is 0 Å². The molecule has 1 aliphatic rings. The van der Waals surface area contributed by atoms with Gasteiger partial charge in [-0.1, -0.05) is 42.6 Å². The van der Waals surface area contributed by atoms with Gasteiger partial charge < -0.3 is 10.6 Å². The number of rotatable bonds is 5. The van der Waals surface area contributed by atoms with E-state index in [0.717, 1.165) is 10.9 Å². The molecular formula is C18H29BrN2. The zero-order valence-corrected chi connectivity index (χ0v) is 15.2. The number of nitrogens with zero attached hydrogens (tertiary/aromatic N) is 1. The largest absolute Gasteiger partial charge is 0.371 e. The summed E-state index contributed by atoms with van der Waals surface area (Å²) >= 11 is 3.59. The normalized spacial score (nSPS) is 19.6. The molecule has 1 saturated heterocycles. The third-order valence-electron chi connectivity index (χ3n) is 5.25. The first-order valence-electron chi connectivity index (χ1n) is 8.28. The highest BCUT2D eigenvalue weighted by atomic mass is 79.9. The first-order valence-corrected chi connectivity index (χ1v) is 9.08. The molecule has 0 spiro atoms. The zero-order chi connectivity index (χ0) is 15.5. The molecule has 1 aromatic rings. The van der Waals surface area contributed by atoms with Crippen LogP contribution in [0.1, 0.15) is 52.0 Å². The van der Waals surface area contributed by atoms with Crippen LogP contribution >= 0.6 is 15.9 Å². The maximum absolute atomic E-state index is 6.03. The van der Waals surface area contributed by atoms with Crippen molar-refractivity contribution in [1.82, 2.24) is 0 Å². The van der Waals surface area contributed by atoms with Crippen molar-refractivity contribution >= 4 is 21.6 Å². The fourth-order valence-electron chi connectivity index (χ4n) is 3.55. The maximum atomic E-state index is 6.03. The smallest absolute Gasteiger partial charge is 0.0400 e. The zero-order valence-electron chi connectivity index (χ0n) is 13.7. The molecule has 3 heteroatoms. The molecule has 2 N–H and O–H groups in total. The van der Waals surface area contributed by atoms with Crippen LogP contribution in [-0.4, -0.2) is 19.1 Å². The van der Waals surface area contributed by atoms with Crippen molar-refractivity contribution < 1.29 is 0 Å². The average Bonchev–Trinajstić information content (AvgIpc) is 2.47. The van der Waals surface area contributed by atoms with E-state index in [1.54, 1.807) is 0 Å². The highest BCUT2D eigenvalue weighted by Crippen LogP contribution is 2.40. The number of hydrogen-bond donors (Lipinski definition) is 1. The van der Waals surface area contributed by atoms with E-state index in [-0.39, 0.29) is 6.04 Å². The fourth-order valence-corrected chi connectivity index (χ4v) is 3.96. The molecule has 0 aliphatic carbocycles. The number of anilines is 1. The van der Waals surface area contributed by atoms with Crippen molar-refractivity contribution in [3.63, 3.8) is 0 Å². The topological polar surface area (TPSA) is 29.3 Å². The van der Waals surface area contributed by atoms with E-state index in [2.05, 4.69) is 59.8 Å². The molecule has 2 rings (SSSR count).